The zero-order valence-corrected chi connectivity index (χ0v) is 13.5. The lowest BCUT2D eigenvalue weighted by Gasteiger charge is -2.32. The smallest absolute Gasteiger partial charge is 0.265 e. The summed E-state index contributed by atoms with van der Waals surface area (Å²) < 4.78 is 5.77. The van der Waals surface area contributed by atoms with Crippen LogP contribution in [0.5, 0.6) is 5.75 Å². The molecule has 1 heterocycles. The Kier molecular flexibility index (Phi) is 4.42. The molecule has 0 fully saturated rings. The minimum Gasteiger partial charge on any atom is -0.491 e. The minimum atomic E-state index is -0.446. The summed E-state index contributed by atoms with van der Waals surface area (Å²) in [5.41, 5.74) is 2.97. The van der Waals surface area contributed by atoms with Gasteiger partial charge in [-0.15, -0.1) is 0 Å². The summed E-state index contributed by atoms with van der Waals surface area (Å²) in [7, 11) is 0. The second-order valence-corrected chi connectivity index (χ2v) is 6.64. The Morgan fingerprint density at radius 3 is 2.64 bits per heavy atom. The molecule has 2 amide bonds. The highest BCUT2D eigenvalue weighted by molar-refractivity contribution is 5.94. The van der Waals surface area contributed by atoms with E-state index in [1.807, 2.05) is 32.6 Å². The van der Waals surface area contributed by atoms with E-state index in [4.69, 9.17) is 10.6 Å². The monoisotopic (exact) mass is 305 g/mol. The number of hydrogen-bond acceptors (Lipinski definition) is 4. The maximum atomic E-state index is 12.6. The van der Waals surface area contributed by atoms with E-state index in [-0.39, 0.29) is 17.9 Å². The Balaban J connectivity index is 2.32. The Morgan fingerprint density at radius 1 is 1.36 bits per heavy atom. The molecule has 1 aromatic carbocycles. The lowest BCUT2D eigenvalue weighted by molar-refractivity contribution is -0.142. The van der Waals surface area contributed by atoms with Crippen LogP contribution in [-0.2, 0) is 11.3 Å². The first kappa shape index (κ1) is 16.3. The van der Waals surface area contributed by atoms with Crippen molar-refractivity contribution in [2.24, 2.45) is 11.3 Å². The molecule has 0 unspecified atom stereocenters. The Morgan fingerprint density at radius 2 is 2.05 bits per heavy atom. The number of rotatable bonds is 1. The van der Waals surface area contributed by atoms with Gasteiger partial charge in [-0.1, -0.05) is 26.8 Å². The van der Waals surface area contributed by atoms with Crippen molar-refractivity contribution in [3.05, 3.63) is 29.3 Å². The van der Waals surface area contributed by atoms with Crippen LogP contribution in [0.25, 0.3) is 0 Å². The van der Waals surface area contributed by atoms with Crippen LogP contribution in [0, 0.1) is 5.41 Å². The van der Waals surface area contributed by atoms with Crippen LogP contribution < -0.4 is 16.0 Å². The molecule has 6 heteroatoms. The van der Waals surface area contributed by atoms with Gasteiger partial charge in [-0.3, -0.25) is 15.0 Å². The predicted molar refractivity (Wildman–Crippen MR) is 83.1 cm³/mol. The van der Waals surface area contributed by atoms with Crippen molar-refractivity contribution in [3.8, 4) is 5.75 Å². The van der Waals surface area contributed by atoms with Gasteiger partial charge in [0.2, 0.25) is 5.91 Å². The van der Waals surface area contributed by atoms with E-state index in [2.05, 4.69) is 5.43 Å². The van der Waals surface area contributed by atoms with Gasteiger partial charge in [-0.05, 0) is 19.1 Å². The molecule has 22 heavy (non-hydrogen) atoms. The highest BCUT2D eigenvalue weighted by Crippen LogP contribution is 2.29. The van der Waals surface area contributed by atoms with Crippen LogP contribution in [0.2, 0.25) is 0 Å². The number of carbonyl (C=O) groups excluding carboxylic acids is 2. The number of hydrogen-bond donors (Lipinski definition) is 2. The first-order chi connectivity index (χ1) is 10.2. The maximum absolute atomic E-state index is 12.6. The van der Waals surface area contributed by atoms with Gasteiger partial charge in [-0.2, -0.15) is 0 Å². The fourth-order valence-corrected chi connectivity index (χ4v) is 2.39. The highest BCUT2D eigenvalue weighted by atomic mass is 16.5. The van der Waals surface area contributed by atoms with E-state index in [1.54, 1.807) is 18.2 Å². The van der Waals surface area contributed by atoms with Crippen molar-refractivity contribution in [1.29, 1.82) is 0 Å². The third-order valence-corrected chi connectivity index (χ3v) is 3.72. The molecule has 0 saturated heterocycles. The summed E-state index contributed by atoms with van der Waals surface area (Å²) in [4.78, 5) is 26.0. The predicted octanol–water partition coefficient (Wildman–Crippen LogP) is 1.45. The molecule has 0 saturated carbocycles. The number of carbonyl (C=O) groups is 2. The SMILES string of the molecule is C[C@H]1COc2cc(C(=O)NN)ccc2CN1C(=O)C(C)(C)C. The van der Waals surface area contributed by atoms with Crippen molar-refractivity contribution in [3.63, 3.8) is 0 Å². The number of fused-ring (bicyclic) bond motifs is 1. The molecule has 120 valence electrons. The minimum absolute atomic E-state index is 0.0362. The fraction of sp³-hybridized carbons (Fsp3) is 0.500. The van der Waals surface area contributed by atoms with E-state index in [9.17, 15) is 9.59 Å². The Bertz CT molecular complexity index is 593. The zero-order valence-electron chi connectivity index (χ0n) is 13.5. The Hall–Kier alpha value is -2.08. The standard InChI is InChI=1S/C16H23N3O3/c1-10-9-22-13-7-11(14(20)18-17)5-6-12(13)8-19(10)15(21)16(2,3)4/h5-7,10H,8-9,17H2,1-4H3,(H,18,20)/t10-/m0/s1. The third kappa shape index (κ3) is 3.22. The number of nitrogen functional groups attached to an aromatic ring is 1. The lowest BCUT2D eigenvalue weighted by Crippen LogP contribution is -2.45. The molecular formula is C16H23N3O3. The highest BCUT2D eigenvalue weighted by Gasteiger charge is 2.32. The number of benzene rings is 1. The van der Waals surface area contributed by atoms with E-state index >= 15 is 0 Å². The van der Waals surface area contributed by atoms with Crippen molar-refractivity contribution in [2.75, 3.05) is 6.61 Å². The van der Waals surface area contributed by atoms with Crippen LogP contribution in [0.1, 0.15) is 43.6 Å². The van der Waals surface area contributed by atoms with E-state index in [0.29, 0.717) is 24.5 Å². The molecule has 6 nitrogen and oxygen atoms in total. The van der Waals surface area contributed by atoms with E-state index in [1.165, 1.54) is 0 Å². The molecule has 3 N–H and O–H groups in total. The normalized spacial score (nSPS) is 18.0. The van der Waals surface area contributed by atoms with Crippen LogP contribution >= 0.6 is 0 Å². The zero-order chi connectivity index (χ0) is 16.5. The molecule has 1 aliphatic rings. The summed E-state index contributed by atoms with van der Waals surface area (Å²) in [6.45, 7) is 8.54. The van der Waals surface area contributed by atoms with Crippen molar-refractivity contribution < 1.29 is 14.3 Å². The van der Waals surface area contributed by atoms with Gasteiger partial charge in [0.05, 0.1) is 6.04 Å². The average Bonchev–Trinajstić information content (AvgIpc) is 2.63. The van der Waals surface area contributed by atoms with Gasteiger partial charge < -0.3 is 9.64 Å². The second-order valence-electron chi connectivity index (χ2n) is 6.64. The topological polar surface area (TPSA) is 84.7 Å². The molecule has 0 aliphatic carbocycles. The van der Waals surface area contributed by atoms with E-state index in [0.717, 1.165) is 5.56 Å². The maximum Gasteiger partial charge on any atom is 0.265 e. The molecular weight excluding hydrogens is 282 g/mol. The molecule has 1 atom stereocenters. The van der Waals surface area contributed by atoms with Gasteiger partial charge in [-0.25, -0.2) is 5.84 Å². The number of nitrogens with two attached hydrogens (primary N) is 1. The fourth-order valence-electron chi connectivity index (χ4n) is 2.39. The lowest BCUT2D eigenvalue weighted by atomic mass is 9.93. The van der Waals surface area contributed by atoms with Crippen LogP contribution in [0.3, 0.4) is 0 Å². The molecule has 0 bridgehead atoms. The van der Waals surface area contributed by atoms with Crippen molar-refractivity contribution in [1.82, 2.24) is 10.3 Å². The molecule has 1 aliphatic heterocycles. The molecule has 0 spiro atoms. The number of ether oxygens (including phenoxy) is 1. The molecule has 1 aromatic rings. The van der Waals surface area contributed by atoms with Crippen molar-refractivity contribution in [2.45, 2.75) is 40.3 Å². The summed E-state index contributed by atoms with van der Waals surface area (Å²) >= 11 is 0. The molecule has 0 radical (unpaired) electrons. The van der Waals surface area contributed by atoms with Crippen molar-refractivity contribution >= 4 is 11.8 Å². The van der Waals surface area contributed by atoms with Gasteiger partial charge in [0, 0.05) is 23.1 Å². The quantitative estimate of drug-likeness (QED) is 0.467. The number of nitrogens with one attached hydrogen (secondary N) is 1. The summed E-state index contributed by atoms with van der Waals surface area (Å²) in [6, 6.07) is 5.11. The van der Waals surface area contributed by atoms with Gasteiger partial charge >= 0.3 is 0 Å². The van der Waals surface area contributed by atoms with Gasteiger partial charge in [0.25, 0.3) is 5.91 Å². The third-order valence-electron chi connectivity index (χ3n) is 3.72. The van der Waals surface area contributed by atoms with Crippen LogP contribution in [0.15, 0.2) is 18.2 Å². The number of nitrogens with zero attached hydrogens (tertiary/aromatic N) is 1. The summed E-state index contributed by atoms with van der Waals surface area (Å²) in [6.07, 6.45) is 0. The van der Waals surface area contributed by atoms with E-state index < -0.39 is 5.41 Å². The molecule has 2 rings (SSSR count). The van der Waals surface area contributed by atoms with Gasteiger partial charge in [0.15, 0.2) is 0 Å². The first-order valence-electron chi connectivity index (χ1n) is 7.31. The number of hydrazine groups is 1. The largest absolute Gasteiger partial charge is 0.491 e. The van der Waals surface area contributed by atoms with Crippen LogP contribution in [-0.4, -0.2) is 29.4 Å². The Labute approximate surface area is 130 Å². The van der Waals surface area contributed by atoms with Crippen LogP contribution in [0.4, 0.5) is 0 Å². The summed E-state index contributed by atoms with van der Waals surface area (Å²) in [5, 5.41) is 0. The average molecular weight is 305 g/mol. The number of amides is 2. The second kappa shape index (κ2) is 5.96. The first-order valence-corrected chi connectivity index (χ1v) is 7.31. The summed E-state index contributed by atoms with van der Waals surface area (Å²) in [5.74, 6) is 5.49. The molecule has 0 aromatic heterocycles. The van der Waals surface area contributed by atoms with Gasteiger partial charge in [0.1, 0.15) is 12.4 Å².